The van der Waals surface area contributed by atoms with E-state index in [0.29, 0.717) is 0 Å². The number of nitrogens with one attached hydrogen (secondary N) is 1. The normalized spacial score (nSPS) is 35.4. The van der Waals surface area contributed by atoms with E-state index in [2.05, 4.69) is 59.5 Å². The van der Waals surface area contributed by atoms with Gasteiger partial charge in [0.2, 0.25) is 0 Å². The Morgan fingerprint density at radius 2 is 1.79 bits per heavy atom. The van der Waals surface area contributed by atoms with Crippen molar-refractivity contribution in [3.63, 3.8) is 0 Å². The molecule has 1 aromatic carbocycles. The third kappa shape index (κ3) is 3.31. The predicted molar refractivity (Wildman–Crippen MR) is 112 cm³/mol. The van der Waals surface area contributed by atoms with Gasteiger partial charge in [0.05, 0.1) is 5.60 Å². The number of benzene rings is 1. The van der Waals surface area contributed by atoms with E-state index in [0.717, 1.165) is 58.0 Å². The maximum atomic E-state index is 10.7. The van der Waals surface area contributed by atoms with Gasteiger partial charge in [-0.15, -0.1) is 0 Å². The van der Waals surface area contributed by atoms with E-state index >= 15 is 0 Å². The number of aliphatic hydroxyl groups excluding tert-OH is 1. The van der Waals surface area contributed by atoms with E-state index in [4.69, 9.17) is 4.74 Å². The molecule has 0 amide bonds. The van der Waals surface area contributed by atoms with Crippen molar-refractivity contribution in [1.29, 1.82) is 0 Å². The molecule has 0 aromatic heterocycles. The Morgan fingerprint density at radius 1 is 1.11 bits per heavy atom. The van der Waals surface area contributed by atoms with Gasteiger partial charge in [0.1, 0.15) is 0 Å². The molecule has 2 saturated carbocycles. The first-order valence-electron chi connectivity index (χ1n) is 10.9. The lowest BCUT2D eigenvalue weighted by molar-refractivity contribution is -0.106. The largest absolute Gasteiger partial charge is 0.378 e. The van der Waals surface area contributed by atoms with Crippen molar-refractivity contribution < 1.29 is 9.84 Å². The molecule has 5 heteroatoms. The van der Waals surface area contributed by atoms with Gasteiger partial charge in [0.15, 0.2) is 6.35 Å². The molecule has 2 N–H and O–H groups in total. The van der Waals surface area contributed by atoms with E-state index in [1.807, 2.05) is 7.11 Å². The lowest BCUT2D eigenvalue weighted by atomic mass is 9.68. The van der Waals surface area contributed by atoms with Crippen molar-refractivity contribution in [3.8, 4) is 0 Å². The van der Waals surface area contributed by atoms with Crippen LogP contribution in [0.25, 0.3) is 0 Å². The Balaban J connectivity index is 1.49. The average Bonchev–Trinajstić information content (AvgIpc) is 2.98. The topological polar surface area (TPSA) is 48.0 Å². The number of nitrogens with zero attached hydrogens (tertiary/aromatic N) is 2. The molecule has 1 spiro atoms. The van der Waals surface area contributed by atoms with Crippen LogP contribution in [0.4, 0.5) is 0 Å². The second-order valence-corrected chi connectivity index (χ2v) is 9.46. The van der Waals surface area contributed by atoms with E-state index in [1.54, 1.807) is 0 Å². The Morgan fingerprint density at radius 3 is 2.32 bits per heavy atom. The van der Waals surface area contributed by atoms with Crippen molar-refractivity contribution in [1.82, 2.24) is 15.1 Å². The lowest BCUT2D eigenvalue weighted by Crippen LogP contribution is -2.57. The molecule has 1 saturated heterocycles. The van der Waals surface area contributed by atoms with Gasteiger partial charge in [0, 0.05) is 31.3 Å². The van der Waals surface area contributed by atoms with Crippen molar-refractivity contribution in [3.05, 3.63) is 35.9 Å². The van der Waals surface area contributed by atoms with Gasteiger partial charge in [-0.25, -0.2) is 0 Å². The second-order valence-electron chi connectivity index (χ2n) is 9.46. The number of ether oxygens (including phenoxy) is 1. The molecule has 3 aliphatic rings. The highest BCUT2D eigenvalue weighted by atomic mass is 16.5. The molecule has 2 aliphatic carbocycles. The molecule has 1 aliphatic heterocycles. The summed E-state index contributed by atoms with van der Waals surface area (Å²) < 4.78 is 5.83. The maximum Gasteiger partial charge on any atom is 0.163 e. The third-order valence-corrected chi connectivity index (χ3v) is 8.20. The third-order valence-electron chi connectivity index (χ3n) is 8.20. The first-order chi connectivity index (χ1) is 13.5. The van der Waals surface area contributed by atoms with Gasteiger partial charge < -0.3 is 9.84 Å². The number of hydrogen-bond donors (Lipinski definition) is 2. The first kappa shape index (κ1) is 20.3. The standard InChI is InChI=1S/C23H37N3O2/c1-25(2)23(19-8-5-4-6-9-19)14-12-21(13-15-23)18-24-20(27)26(21)17-16-22(28-3)10-7-11-22/h4-6,8-9,20,24,27H,7,10-18H2,1-3H3/t20?,21-,23+. The summed E-state index contributed by atoms with van der Waals surface area (Å²) >= 11 is 0. The molecule has 1 heterocycles. The molecule has 0 bridgehead atoms. The fraction of sp³-hybridized carbons (Fsp3) is 0.739. The Hall–Kier alpha value is -0.980. The van der Waals surface area contributed by atoms with Crippen LogP contribution in [0.5, 0.6) is 0 Å². The fourth-order valence-corrected chi connectivity index (χ4v) is 5.90. The maximum absolute atomic E-state index is 10.7. The van der Waals surface area contributed by atoms with Gasteiger partial charge in [-0.3, -0.25) is 15.1 Å². The number of aliphatic hydroxyl groups is 1. The SMILES string of the molecule is COC1(CCN2C(O)NC[C@]23CC[C@](c2ccccc2)(N(C)C)CC3)CCC1. The van der Waals surface area contributed by atoms with E-state index in [1.165, 1.54) is 12.0 Å². The number of hydrogen-bond acceptors (Lipinski definition) is 5. The summed E-state index contributed by atoms with van der Waals surface area (Å²) in [4.78, 5) is 4.75. The fourth-order valence-electron chi connectivity index (χ4n) is 5.90. The van der Waals surface area contributed by atoms with Gasteiger partial charge >= 0.3 is 0 Å². The minimum atomic E-state index is -0.530. The van der Waals surface area contributed by atoms with Crippen LogP contribution in [0.15, 0.2) is 30.3 Å². The van der Waals surface area contributed by atoms with Crippen LogP contribution < -0.4 is 5.32 Å². The van der Waals surface area contributed by atoms with Crippen LogP contribution in [-0.4, -0.2) is 66.7 Å². The van der Waals surface area contributed by atoms with E-state index < -0.39 is 6.35 Å². The van der Waals surface area contributed by atoms with Crippen molar-refractivity contribution in [2.75, 3.05) is 34.3 Å². The number of methoxy groups -OCH3 is 1. The van der Waals surface area contributed by atoms with Crippen LogP contribution in [0.1, 0.15) is 56.9 Å². The smallest absolute Gasteiger partial charge is 0.163 e. The summed E-state index contributed by atoms with van der Waals surface area (Å²) in [6.07, 6.45) is 8.50. The van der Waals surface area contributed by atoms with Crippen LogP contribution in [0.3, 0.4) is 0 Å². The zero-order valence-electron chi connectivity index (χ0n) is 17.8. The summed E-state index contributed by atoms with van der Waals surface area (Å²) in [6.45, 7) is 1.79. The highest BCUT2D eigenvalue weighted by molar-refractivity contribution is 5.26. The lowest BCUT2D eigenvalue weighted by Gasteiger charge is -2.52. The molecule has 156 valence electrons. The van der Waals surface area contributed by atoms with E-state index in [9.17, 15) is 5.11 Å². The minimum Gasteiger partial charge on any atom is -0.378 e. The molecule has 1 aromatic rings. The molecular weight excluding hydrogens is 350 g/mol. The van der Waals surface area contributed by atoms with Gasteiger partial charge in [0.25, 0.3) is 0 Å². The summed E-state index contributed by atoms with van der Waals surface area (Å²) in [6, 6.07) is 11.0. The second kappa shape index (κ2) is 7.69. The quantitative estimate of drug-likeness (QED) is 0.786. The molecule has 5 nitrogen and oxygen atoms in total. The molecule has 1 unspecified atom stereocenters. The zero-order valence-corrected chi connectivity index (χ0v) is 17.8. The van der Waals surface area contributed by atoms with Gasteiger partial charge in [-0.2, -0.15) is 0 Å². The Labute approximate surface area is 170 Å². The predicted octanol–water partition coefficient (Wildman–Crippen LogP) is 2.90. The highest BCUT2D eigenvalue weighted by Crippen LogP contribution is 2.48. The molecule has 3 fully saturated rings. The molecular formula is C23H37N3O2. The highest BCUT2D eigenvalue weighted by Gasteiger charge is 2.52. The summed E-state index contributed by atoms with van der Waals surface area (Å²) in [5.41, 5.74) is 1.62. The number of rotatable bonds is 6. The van der Waals surface area contributed by atoms with Crippen molar-refractivity contribution >= 4 is 0 Å². The Kier molecular flexibility index (Phi) is 5.58. The van der Waals surface area contributed by atoms with E-state index in [-0.39, 0.29) is 16.7 Å². The molecule has 1 atom stereocenters. The van der Waals surface area contributed by atoms with Gasteiger partial charge in [-0.1, -0.05) is 30.3 Å². The zero-order chi connectivity index (χ0) is 19.8. The summed E-state index contributed by atoms with van der Waals surface area (Å²) in [5.74, 6) is 0. The van der Waals surface area contributed by atoms with Crippen LogP contribution >= 0.6 is 0 Å². The van der Waals surface area contributed by atoms with Crippen molar-refractivity contribution in [2.24, 2.45) is 0 Å². The van der Waals surface area contributed by atoms with Crippen molar-refractivity contribution in [2.45, 2.75) is 74.4 Å². The minimum absolute atomic E-state index is 0.0512. The van der Waals surface area contributed by atoms with Crippen LogP contribution in [0, 0.1) is 0 Å². The van der Waals surface area contributed by atoms with Gasteiger partial charge in [-0.05, 0) is 71.0 Å². The van der Waals surface area contributed by atoms with Crippen LogP contribution in [0.2, 0.25) is 0 Å². The molecule has 28 heavy (non-hydrogen) atoms. The summed E-state index contributed by atoms with van der Waals surface area (Å²) in [5, 5.41) is 14.0. The molecule has 0 radical (unpaired) electrons. The monoisotopic (exact) mass is 387 g/mol. The molecule has 4 rings (SSSR count). The average molecular weight is 388 g/mol. The summed E-state index contributed by atoms with van der Waals surface area (Å²) in [7, 11) is 6.27. The van der Waals surface area contributed by atoms with Crippen LogP contribution in [-0.2, 0) is 10.3 Å². The Bertz CT molecular complexity index is 646. The first-order valence-corrected chi connectivity index (χ1v) is 10.9.